The summed E-state index contributed by atoms with van der Waals surface area (Å²) in [6.07, 6.45) is 0. The third-order valence-corrected chi connectivity index (χ3v) is 2.61. The summed E-state index contributed by atoms with van der Waals surface area (Å²) in [5, 5.41) is 0. The van der Waals surface area contributed by atoms with Gasteiger partial charge >= 0.3 is 0 Å². The van der Waals surface area contributed by atoms with Crippen molar-refractivity contribution < 1.29 is 4.74 Å². The van der Waals surface area contributed by atoms with Crippen molar-refractivity contribution in [1.29, 1.82) is 0 Å². The van der Waals surface area contributed by atoms with Crippen molar-refractivity contribution in [3.63, 3.8) is 0 Å². The molecule has 0 fully saturated rings. The third kappa shape index (κ3) is 1.87. The Labute approximate surface area is 95.7 Å². The lowest BCUT2D eigenvalue weighted by Crippen LogP contribution is -1.93. The molecule has 2 N–H and O–H groups in total. The highest BCUT2D eigenvalue weighted by Crippen LogP contribution is 2.34. The normalized spacial score (nSPS) is 10.1. The maximum absolute atomic E-state index is 5.97. The van der Waals surface area contributed by atoms with E-state index in [1.54, 1.807) is 7.11 Å². The average Bonchev–Trinajstić information content (AvgIpc) is 2.29. The summed E-state index contributed by atoms with van der Waals surface area (Å²) in [6.45, 7) is 2.06. The van der Waals surface area contributed by atoms with Gasteiger partial charge in [-0.3, -0.25) is 0 Å². The minimum Gasteiger partial charge on any atom is -0.496 e. The molecule has 2 aromatic rings. The lowest BCUT2D eigenvalue weighted by Gasteiger charge is -2.11. The average molecular weight is 213 g/mol. The molecule has 0 aliphatic rings. The molecule has 82 valence electrons. The molecule has 0 unspecified atom stereocenters. The summed E-state index contributed by atoms with van der Waals surface area (Å²) in [5.74, 6) is 0.850. The van der Waals surface area contributed by atoms with E-state index in [1.807, 2.05) is 36.4 Å². The zero-order chi connectivity index (χ0) is 11.5. The summed E-state index contributed by atoms with van der Waals surface area (Å²) in [5.41, 5.74) is 9.99. The Hall–Kier alpha value is -1.96. The van der Waals surface area contributed by atoms with Gasteiger partial charge in [0, 0.05) is 16.8 Å². The molecule has 0 aliphatic carbocycles. The van der Waals surface area contributed by atoms with Crippen molar-refractivity contribution in [3.8, 4) is 16.9 Å². The Balaban J connectivity index is 2.63. The number of rotatable bonds is 2. The maximum atomic E-state index is 5.97. The van der Waals surface area contributed by atoms with Crippen molar-refractivity contribution in [2.24, 2.45) is 0 Å². The molecule has 16 heavy (non-hydrogen) atoms. The molecule has 0 aromatic heterocycles. The molecular weight excluding hydrogens is 198 g/mol. The molecule has 0 bridgehead atoms. The molecule has 0 atom stereocenters. The quantitative estimate of drug-likeness (QED) is 0.777. The molecule has 2 aromatic carbocycles. The first-order valence-corrected chi connectivity index (χ1v) is 5.22. The third-order valence-electron chi connectivity index (χ3n) is 2.61. The second kappa shape index (κ2) is 4.27. The van der Waals surface area contributed by atoms with Crippen molar-refractivity contribution in [2.75, 3.05) is 12.8 Å². The van der Waals surface area contributed by atoms with E-state index in [0.29, 0.717) is 0 Å². The van der Waals surface area contributed by atoms with E-state index in [0.717, 1.165) is 22.6 Å². The van der Waals surface area contributed by atoms with Crippen molar-refractivity contribution >= 4 is 5.69 Å². The molecule has 0 aliphatic heterocycles. The Morgan fingerprint density at radius 3 is 2.44 bits per heavy atom. The van der Waals surface area contributed by atoms with E-state index < -0.39 is 0 Å². The Kier molecular flexibility index (Phi) is 2.82. The number of benzene rings is 2. The van der Waals surface area contributed by atoms with Crippen LogP contribution in [-0.4, -0.2) is 7.11 Å². The van der Waals surface area contributed by atoms with Crippen LogP contribution in [0.15, 0.2) is 42.5 Å². The van der Waals surface area contributed by atoms with Gasteiger partial charge in [-0.15, -0.1) is 0 Å². The van der Waals surface area contributed by atoms with Crippen LogP contribution in [0, 0.1) is 6.92 Å². The van der Waals surface area contributed by atoms with Crippen LogP contribution in [0.4, 0.5) is 5.69 Å². The van der Waals surface area contributed by atoms with Crippen LogP contribution in [-0.2, 0) is 0 Å². The predicted octanol–water partition coefficient (Wildman–Crippen LogP) is 3.25. The Morgan fingerprint density at radius 2 is 1.75 bits per heavy atom. The van der Waals surface area contributed by atoms with Gasteiger partial charge in [-0.25, -0.2) is 0 Å². The fraction of sp³-hybridized carbons (Fsp3) is 0.143. The first kappa shape index (κ1) is 10.6. The first-order valence-electron chi connectivity index (χ1n) is 5.22. The number of hydrogen-bond acceptors (Lipinski definition) is 2. The number of anilines is 1. The van der Waals surface area contributed by atoms with Crippen LogP contribution in [0.1, 0.15) is 5.56 Å². The zero-order valence-electron chi connectivity index (χ0n) is 9.53. The smallest absolute Gasteiger partial charge is 0.126 e. The lowest BCUT2D eigenvalue weighted by atomic mass is 10.0. The van der Waals surface area contributed by atoms with Crippen LogP contribution >= 0.6 is 0 Å². The van der Waals surface area contributed by atoms with E-state index >= 15 is 0 Å². The number of nitrogen functional groups attached to an aromatic ring is 1. The van der Waals surface area contributed by atoms with Gasteiger partial charge in [0.25, 0.3) is 0 Å². The molecule has 0 spiro atoms. The van der Waals surface area contributed by atoms with Crippen molar-refractivity contribution in [3.05, 3.63) is 48.0 Å². The van der Waals surface area contributed by atoms with Gasteiger partial charge < -0.3 is 10.5 Å². The van der Waals surface area contributed by atoms with Gasteiger partial charge in [-0.1, -0.05) is 29.8 Å². The van der Waals surface area contributed by atoms with Gasteiger partial charge in [0.2, 0.25) is 0 Å². The van der Waals surface area contributed by atoms with E-state index in [2.05, 4.69) is 13.0 Å². The van der Waals surface area contributed by atoms with Crippen LogP contribution in [0.2, 0.25) is 0 Å². The van der Waals surface area contributed by atoms with Crippen LogP contribution in [0.5, 0.6) is 5.75 Å². The fourth-order valence-corrected chi connectivity index (χ4v) is 1.77. The highest BCUT2D eigenvalue weighted by molar-refractivity contribution is 5.80. The Bertz CT molecular complexity index is 506. The van der Waals surface area contributed by atoms with Gasteiger partial charge in [0.1, 0.15) is 5.75 Å². The van der Waals surface area contributed by atoms with Gasteiger partial charge in [-0.2, -0.15) is 0 Å². The molecular formula is C14H15NO. The molecule has 2 nitrogen and oxygen atoms in total. The summed E-state index contributed by atoms with van der Waals surface area (Å²) < 4.78 is 5.35. The molecule has 0 heterocycles. The monoisotopic (exact) mass is 213 g/mol. The van der Waals surface area contributed by atoms with E-state index in [-0.39, 0.29) is 0 Å². The number of methoxy groups -OCH3 is 1. The topological polar surface area (TPSA) is 35.2 Å². The van der Waals surface area contributed by atoms with Gasteiger partial charge in [-0.05, 0) is 25.1 Å². The largest absolute Gasteiger partial charge is 0.496 e. The highest BCUT2D eigenvalue weighted by Gasteiger charge is 2.08. The molecule has 2 heteroatoms. The number of aryl methyl sites for hydroxylation is 1. The SMILES string of the molecule is COc1ccc(C)cc1-c1ccccc1N. The van der Waals surface area contributed by atoms with Crippen molar-refractivity contribution in [1.82, 2.24) is 0 Å². The highest BCUT2D eigenvalue weighted by atomic mass is 16.5. The molecule has 0 radical (unpaired) electrons. The standard InChI is InChI=1S/C14H15NO/c1-10-7-8-14(16-2)12(9-10)11-5-3-4-6-13(11)15/h3-9H,15H2,1-2H3. The molecule has 0 saturated heterocycles. The second-order valence-electron chi connectivity index (χ2n) is 3.79. The van der Waals surface area contributed by atoms with E-state index in [4.69, 9.17) is 10.5 Å². The zero-order valence-corrected chi connectivity index (χ0v) is 9.53. The van der Waals surface area contributed by atoms with Gasteiger partial charge in [0.05, 0.1) is 7.11 Å². The molecule has 0 amide bonds. The number of ether oxygens (including phenoxy) is 1. The fourth-order valence-electron chi connectivity index (χ4n) is 1.77. The van der Waals surface area contributed by atoms with E-state index in [9.17, 15) is 0 Å². The number of hydrogen-bond donors (Lipinski definition) is 1. The summed E-state index contributed by atoms with van der Waals surface area (Å²) in [6, 6.07) is 13.9. The summed E-state index contributed by atoms with van der Waals surface area (Å²) >= 11 is 0. The summed E-state index contributed by atoms with van der Waals surface area (Å²) in [4.78, 5) is 0. The van der Waals surface area contributed by atoms with Crippen LogP contribution in [0.25, 0.3) is 11.1 Å². The van der Waals surface area contributed by atoms with E-state index in [1.165, 1.54) is 5.56 Å². The molecule has 2 rings (SSSR count). The Morgan fingerprint density at radius 1 is 1.00 bits per heavy atom. The minimum atomic E-state index is 0.770. The number of para-hydroxylation sites is 1. The maximum Gasteiger partial charge on any atom is 0.126 e. The molecule has 0 saturated carbocycles. The lowest BCUT2D eigenvalue weighted by molar-refractivity contribution is 0.416. The minimum absolute atomic E-state index is 0.770. The van der Waals surface area contributed by atoms with Gasteiger partial charge in [0.15, 0.2) is 0 Å². The predicted molar refractivity (Wildman–Crippen MR) is 67.6 cm³/mol. The van der Waals surface area contributed by atoms with Crippen LogP contribution < -0.4 is 10.5 Å². The second-order valence-corrected chi connectivity index (χ2v) is 3.79. The summed E-state index contributed by atoms with van der Waals surface area (Å²) in [7, 11) is 1.67. The van der Waals surface area contributed by atoms with Crippen molar-refractivity contribution in [2.45, 2.75) is 6.92 Å². The van der Waals surface area contributed by atoms with Crippen LogP contribution in [0.3, 0.4) is 0 Å². The first-order chi connectivity index (χ1) is 7.72. The number of nitrogens with two attached hydrogens (primary N) is 1.